The fourth-order valence-corrected chi connectivity index (χ4v) is 6.26. The Kier molecular flexibility index (Phi) is 7.71. The minimum Gasteiger partial charge on any atom is -0.434 e. The van der Waals surface area contributed by atoms with Gasteiger partial charge in [0, 0.05) is 22.0 Å². The molecular formula is C28H25BF4N3O4P. The lowest BCUT2D eigenvalue weighted by molar-refractivity contribution is -0.202. The fourth-order valence-electron chi connectivity index (χ4n) is 5.40. The minimum absolute atomic E-state index is 0.0190. The summed E-state index contributed by atoms with van der Waals surface area (Å²) in [6.45, 7) is 0.459. The number of aliphatic hydroxyl groups is 2. The van der Waals surface area contributed by atoms with Gasteiger partial charge in [-0.3, -0.25) is 9.69 Å². The Labute approximate surface area is 235 Å². The van der Waals surface area contributed by atoms with Gasteiger partial charge >= 0.3 is 6.61 Å². The van der Waals surface area contributed by atoms with Crippen molar-refractivity contribution < 1.29 is 37.3 Å². The predicted molar refractivity (Wildman–Crippen MR) is 148 cm³/mol. The van der Waals surface area contributed by atoms with Crippen LogP contribution >= 0.6 is 7.92 Å². The van der Waals surface area contributed by atoms with E-state index in [1.165, 1.54) is 31.3 Å². The van der Waals surface area contributed by atoms with Crippen LogP contribution in [-0.4, -0.2) is 71.6 Å². The molecule has 0 unspecified atom stereocenters. The van der Waals surface area contributed by atoms with Gasteiger partial charge in [-0.1, -0.05) is 38.3 Å². The number of imidazole rings is 1. The lowest BCUT2D eigenvalue weighted by Crippen LogP contribution is -2.48. The highest BCUT2D eigenvalue weighted by Crippen LogP contribution is 2.48. The van der Waals surface area contributed by atoms with Crippen molar-refractivity contribution in [2.75, 3.05) is 20.4 Å². The van der Waals surface area contributed by atoms with Crippen LogP contribution in [0.25, 0.3) is 22.2 Å². The number of rotatable bonds is 8. The van der Waals surface area contributed by atoms with Gasteiger partial charge in [0.25, 0.3) is 0 Å². The van der Waals surface area contributed by atoms with E-state index in [2.05, 4.69) is 4.98 Å². The molecule has 1 aliphatic heterocycles. The second-order valence-electron chi connectivity index (χ2n) is 10.0. The van der Waals surface area contributed by atoms with E-state index in [-0.39, 0.29) is 34.7 Å². The van der Waals surface area contributed by atoms with E-state index in [9.17, 15) is 28.2 Å². The average molecular weight is 585 g/mol. The maximum atomic E-state index is 15.2. The molecule has 0 bridgehead atoms. The molecule has 13 heteroatoms. The second kappa shape index (κ2) is 10.8. The minimum atomic E-state index is -3.18. The van der Waals surface area contributed by atoms with Crippen molar-refractivity contribution in [3.63, 3.8) is 0 Å². The molecule has 0 saturated carbocycles. The Hall–Kier alpha value is -3.31. The zero-order valence-corrected chi connectivity index (χ0v) is 23.1. The monoisotopic (exact) mass is 585 g/mol. The van der Waals surface area contributed by atoms with E-state index in [4.69, 9.17) is 12.6 Å². The summed E-state index contributed by atoms with van der Waals surface area (Å²) in [5.74, 6) is -4.64. The third-order valence-corrected chi connectivity index (χ3v) is 8.70. The van der Waals surface area contributed by atoms with Gasteiger partial charge < -0.3 is 19.5 Å². The maximum absolute atomic E-state index is 15.2. The van der Waals surface area contributed by atoms with Crippen LogP contribution in [0.5, 0.6) is 5.75 Å². The van der Waals surface area contributed by atoms with Crippen LogP contribution in [0.3, 0.4) is 0 Å². The van der Waals surface area contributed by atoms with Crippen molar-refractivity contribution in [1.82, 2.24) is 14.5 Å². The highest BCUT2D eigenvalue weighted by atomic mass is 31.1. The van der Waals surface area contributed by atoms with Crippen molar-refractivity contribution in [1.29, 1.82) is 0 Å². The summed E-state index contributed by atoms with van der Waals surface area (Å²) in [6, 6.07) is 10.3. The number of hydrogen-bond donors (Lipinski definition) is 2. The first-order chi connectivity index (χ1) is 19.3. The number of carbonyl (C=O) groups is 1. The second-order valence-corrected chi connectivity index (χ2v) is 12.3. The van der Waals surface area contributed by atoms with Crippen molar-refractivity contribution >= 4 is 38.4 Å². The molecule has 2 atom stereocenters. The smallest absolute Gasteiger partial charge is 0.387 e. The van der Waals surface area contributed by atoms with Crippen LogP contribution in [0.15, 0.2) is 48.5 Å². The first-order valence-corrected chi connectivity index (χ1v) is 14.7. The highest BCUT2D eigenvalue weighted by molar-refractivity contribution is 7.64. The third kappa shape index (κ3) is 5.14. The van der Waals surface area contributed by atoms with Crippen molar-refractivity contribution in [3.8, 4) is 16.9 Å². The predicted octanol–water partition coefficient (Wildman–Crippen LogP) is 4.49. The Morgan fingerprint density at radius 3 is 2.54 bits per heavy atom. The van der Waals surface area contributed by atoms with E-state index >= 15 is 4.39 Å². The normalized spacial score (nSPS) is 17.2. The standard InChI is InChI=1S/C28H25BF4N3O4P/c1-35(28(29,38)39)20-12-19(23-15(13-37)5-4-6-21(23)40-27(32)33)36-18-11-14(7-9-17(18)34-26(20)36)16-8-10-22(41(2)3)25(31)24(16)30/h4-11,13,19-20,27,38-39H,12H2,1-3H3/t19-,20-/m1/s1. The van der Waals surface area contributed by atoms with Gasteiger partial charge in [-0.25, -0.2) is 13.8 Å². The molecule has 7 nitrogen and oxygen atoms in total. The largest absolute Gasteiger partial charge is 0.434 e. The van der Waals surface area contributed by atoms with Crippen LogP contribution in [-0.2, 0) is 0 Å². The number of benzene rings is 3. The number of ether oxygens (including phenoxy) is 1. The zero-order valence-electron chi connectivity index (χ0n) is 22.2. The van der Waals surface area contributed by atoms with Gasteiger partial charge in [0.1, 0.15) is 11.6 Å². The topological polar surface area (TPSA) is 87.8 Å². The zero-order chi connectivity index (χ0) is 29.8. The van der Waals surface area contributed by atoms with E-state index in [1.54, 1.807) is 28.8 Å². The van der Waals surface area contributed by atoms with Gasteiger partial charge in [-0.2, -0.15) is 8.78 Å². The number of carbonyl (C=O) groups excluding carboxylic acids is 1. The number of aromatic nitrogens is 2. The summed E-state index contributed by atoms with van der Waals surface area (Å²) in [6.07, 6.45) is 0.550. The summed E-state index contributed by atoms with van der Waals surface area (Å²) in [5, 5.41) is 20.6. The first kappa shape index (κ1) is 29.2. The van der Waals surface area contributed by atoms with E-state index in [1.807, 2.05) is 13.3 Å². The van der Waals surface area contributed by atoms with Crippen molar-refractivity contribution in [3.05, 3.63) is 77.1 Å². The summed E-state index contributed by atoms with van der Waals surface area (Å²) < 4.78 is 63.3. The molecule has 0 fully saturated rings. The van der Waals surface area contributed by atoms with Crippen molar-refractivity contribution in [2.45, 2.75) is 30.9 Å². The number of alkyl halides is 2. The van der Waals surface area contributed by atoms with Gasteiger partial charge in [-0.15, -0.1) is 0 Å². The molecule has 3 aromatic carbocycles. The van der Waals surface area contributed by atoms with Crippen LogP contribution in [0.1, 0.15) is 40.3 Å². The third-order valence-electron chi connectivity index (χ3n) is 7.39. The molecule has 4 aromatic rings. The highest BCUT2D eigenvalue weighted by Gasteiger charge is 2.43. The number of fused-ring (bicyclic) bond motifs is 3. The van der Waals surface area contributed by atoms with Gasteiger partial charge in [0.05, 0.1) is 23.1 Å². The molecule has 0 amide bonds. The average Bonchev–Trinajstić information content (AvgIpc) is 3.45. The quantitative estimate of drug-likeness (QED) is 0.104. The molecule has 0 aliphatic carbocycles. The molecule has 2 heterocycles. The maximum Gasteiger partial charge on any atom is 0.387 e. The van der Waals surface area contributed by atoms with Crippen LogP contribution in [0, 0.1) is 11.6 Å². The van der Waals surface area contributed by atoms with E-state index in [0.29, 0.717) is 28.2 Å². The van der Waals surface area contributed by atoms with Gasteiger partial charge in [0.2, 0.25) is 0 Å². The summed E-state index contributed by atoms with van der Waals surface area (Å²) in [7, 11) is 6.02. The molecule has 1 aliphatic rings. The lowest BCUT2D eigenvalue weighted by atomic mass is 9.94. The summed E-state index contributed by atoms with van der Waals surface area (Å²) >= 11 is 0. The van der Waals surface area contributed by atoms with Crippen molar-refractivity contribution in [2.24, 2.45) is 0 Å². The fraction of sp³-hybridized carbons (Fsp3) is 0.286. The Morgan fingerprint density at radius 2 is 1.90 bits per heavy atom. The molecular weight excluding hydrogens is 560 g/mol. The van der Waals surface area contributed by atoms with E-state index < -0.39 is 44.1 Å². The van der Waals surface area contributed by atoms with Crippen LogP contribution < -0.4 is 10.0 Å². The molecule has 5 rings (SSSR count). The van der Waals surface area contributed by atoms with Gasteiger partial charge in [0.15, 0.2) is 31.6 Å². The number of halogens is 4. The number of nitrogens with zero attached hydrogens (tertiary/aromatic N) is 3. The summed E-state index contributed by atoms with van der Waals surface area (Å²) in [5.41, 5.74) is 1.38. The van der Waals surface area contributed by atoms with Crippen LogP contribution in [0.2, 0.25) is 0 Å². The van der Waals surface area contributed by atoms with E-state index in [0.717, 1.165) is 4.90 Å². The first-order valence-electron chi connectivity index (χ1n) is 12.5. The summed E-state index contributed by atoms with van der Waals surface area (Å²) in [4.78, 5) is 17.7. The number of aldehydes is 1. The molecule has 1 aromatic heterocycles. The van der Waals surface area contributed by atoms with Gasteiger partial charge in [-0.05, 0) is 50.6 Å². The Morgan fingerprint density at radius 1 is 1.17 bits per heavy atom. The molecule has 41 heavy (non-hydrogen) atoms. The molecule has 212 valence electrons. The number of hydrogen-bond acceptors (Lipinski definition) is 6. The molecule has 2 N–H and O–H groups in total. The molecule has 0 saturated heterocycles. The Bertz CT molecular complexity index is 1640. The Balaban J connectivity index is 1.75. The SMILES string of the molecule is [B]C(O)(O)N(C)[C@@H]1C[C@H](c2c(C=O)cccc2OC(F)F)n2c1nc1ccc(-c3ccc(P(C)C)c(F)c3F)cc12. The lowest BCUT2D eigenvalue weighted by Gasteiger charge is -2.33. The van der Waals surface area contributed by atoms with Crippen LogP contribution in [0.4, 0.5) is 17.6 Å². The molecule has 2 radical (unpaired) electrons. The molecule has 0 spiro atoms.